The summed E-state index contributed by atoms with van der Waals surface area (Å²) in [6, 6.07) is -1.26. The highest BCUT2D eigenvalue weighted by Gasteiger charge is 2.41. The second-order valence-electron chi connectivity index (χ2n) is 5.74. The quantitative estimate of drug-likeness (QED) is 0.648. The lowest BCUT2D eigenvalue weighted by Crippen LogP contribution is -2.51. The highest BCUT2D eigenvalue weighted by molar-refractivity contribution is 5.83. The number of carbonyl (C=O) groups is 2. The SMILES string of the molecule is CC(O)C1CCN(C(=O)N2C[C@H](O)C[C@@H]2C(=O)O)CC1. The summed E-state index contributed by atoms with van der Waals surface area (Å²) in [4.78, 5) is 26.3. The van der Waals surface area contributed by atoms with E-state index in [4.69, 9.17) is 5.11 Å². The minimum Gasteiger partial charge on any atom is -0.480 e. The molecule has 3 atom stereocenters. The molecule has 2 amide bonds. The van der Waals surface area contributed by atoms with Crippen molar-refractivity contribution in [3.63, 3.8) is 0 Å². The van der Waals surface area contributed by atoms with Gasteiger partial charge in [0.1, 0.15) is 6.04 Å². The van der Waals surface area contributed by atoms with Crippen molar-refractivity contribution in [3.05, 3.63) is 0 Å². The number of likely N-dealkylation sites (tertiary alicyclic amines) is 2. The Bertz CT molecular complexity index is 379. The van der Waals surface area contributed by atoms with E-state index in [1.165, 1.54) is 4.90 Å². The molecule has 2 aliphatic heterocycles. The molecule has 114 valence electrons. The van der Waals surface area contributed by atoms with Crippen LogP contribution in [-0.4, -0.2) is 75.0 Å². The average Bonchev–Trinajstić information content (AvgIpc) is 2.80. The Hall–Kier alpha value is -1.34. The Labute approximate surface area is 117 Å². The van der Waals surface area contributed by atoms with Crippen molar-refractivity contribution < 1.29 is 24.9 Å². The third-order valence-electron chi connectivity index (χ3n) is 4.30. The van der Waals surface area contributed by atoms with Gasteiger partial charge in [0.2, 0.25) is 0 Å². The first-order chi connectivity index (χ1) is 9.40. The minimum atomic E-state index is -1.08. The van der Waals surface area contributed by atoms with Crippen LogP contribution in [0.15, 0.2) is 0 Å². The maximum Gasteiger partial charge on any atom is 0.326 e. The Kier molecular flexibility index (Phi) is 4.49. The smallest absolute Gasteiger partial charge is 0.326 e. The Balaban J connectivity index is 1.96. The zero-order chi connectivity index (χ0) is 14.9. The maximum absolute atomic E-state index is 12.4. The van der Waals surface area contributed by atoms with Gasteiger partial charge in [0.15, 0.2) is 0 Å². The highest BCUT2D eigenvalue weighted by atomic mass is 16.4. The second kappa shape index (κ2) is 5.97. The summed E-state index contributed by atoms with van der Waals surface area (Å²) in [5, 5.41) is 28.2. The van der Waals surface area contributed by atoms with Crippen molar-refractivity contribution >= 4 is 12.0 Å². The van der Waals surface area contributed by atoms with Crippen LogP contribution in [0, 0.1) is 5.92 Å². The van der Waals surface area contributed by atoms with Crippen molar-refractivity contribution in [1.82, 2.24) is 9.80 Å². The number of aliphatic hydroxyl groups excluding tert-OH is 2. The molecule has 7 heteroatoms. The van der Waals surface area contributed by atoms with Gasteiger partial charge < -0.3 is 25.1 Å². The van der Waals surface area contributed by atoms with Crippen LogP contribution in [0.3, 0.4) is 0 Å². The van der Waals surface area contributed by atoms with Gasteiger partial charge >= 0.3 is 12.0 Å². The van der Waals surface area contributed by atoms with E-state index in [-0.39, 0.29) is 31.0 Å². The van der Waals surface area contributed by atoms with Crippen LogP contribution in [0.25, 0.3) is 0 Å². The van der Waals surface area contributed by atoms with Crippen molar-refractivity contribution in [2.45, 2.75) is 44.4 Å². The molecule has 1 unspecified atom stereocenters. The van der Waals surface area contributed by atoms with E-state index in [1.54, 1.807) is 11.8 Å². The van der Waals surface area contributed by atoms with Gasteiger partial charge in [-0.2, -0.15) is 0 Å². The number of amides is 2. The number of carboxylic acid groups (broad SMARTS) is 1. The first kappa shape index (κ1) is 15.1. The highest BCUT2D eigenvalue weighted by Crippen LogP contribution is 2.24. The third kappa shape index (κ3) is 3.04. The number of aliphatic carboxylic acids is 1. The molecular formula is C13H22N2O5. The summed E-state index contributed by atoms with van der Waals surface area (Å²) in [6.45, 7) is 2.87. The standard InChI is InChI=1S/C13H22N2O5/c1-8(16)9-2-4-14(5-3-9)13(20)15-7-10(17)6-11(15)12(18)19/h8-11,16-17H,2-7H2,1H3,(H,18,19)/t8?,10-,11-/m1/s1. The summed E-state index contributed by atoms with van der Waals surface area (Å²) in [6.07, 6.45) is 0.378. The molecule has 0 aromatic heterocycles. The summed E-state index contributed by atoms with van der Waals surface area (Å²) >= 11 is 0. The molecule has 2 fully saturated rings. The van der Waals surface area contributed by atoms with E-state index < -0.39 is 18.1 Å². The van der Waals surface area contributed by atoms with Crippen LogP contribution in [-0.2, 0) is 4.79 Å². The molecule has 2 saturated heterocycles. The lowest BCUT2D eigenvalue weighted by atomic mass is 9.92. The van der Waals surface area contributed by atoms with E-state index in [0.29, 0.717) is 13.1 Å². The van der Waals surface area contributed by atoms with Crippen LogP contribution < -0.4 is 0 Å². The number of hydrogen-bond acceptors (Lipinski definition) is 4. The number of nitrogens with zero attached hydrogens (tertiary/aromatic N) is 2. The van der Waals surface area contributed by atoms with Gasteiger partial charge in [-0.3, -0.25) is 0 Å². The van der Waals surface area contributed by atoms with E-state index in [9.17, 15) is 19.8 Å². The van der Waals surface area contributed by atoms with Crippen LogP contribution in [0.4, 0.5) is 4.79 Å². The fourth-order valence-electron chi connectivity index (χ4n) is 3.01. The van der Waals surface area contributed by atoms with Crippen molar-refractivity contribution in [2.24, 2.45) is 5.92 Å². The number of β-amino-alcohol motifs (C(OH)–C–C–N with tert-alkyl or cyclic N) is 1. The predicted octanol–water partition coefficient (Wildman–Crippen LogP) is -0.281. The molecule has 20 heavy (non-hydrogen) atoms. The van der Waals surface area contributed by atoms with Crippen LogP contribution >= 0.6 is 0 Å². The molecule has 0 saturated carbocycles. The fourth-order valence-corrected chi connectivity index (χ4v) is 3.01. The summed E-state index contributed by atoms with van der Waals surface area (Å²) < 4.78 is 0. The number of rotatable bonds is 2. The van der Waals surface area contributed by atoms with Crippen LogP contribution in [0.5, 0.6) is 0 Å². The minimum absolute atomic E-state index is 0.0755. The van der Waals surface area contributed by atoms with Crippen LogP contribution in [0.2, 0.25) is 0 Å². The maximum atomic E-state index is 12.4. The van der Waals surface area contributed by atoms with Gasteiger partial charge in [-0.1, -0.05) is 0 Å². The fraction of sp³-hybridized carbons (Fsp3) is 0.846. The summed E-state index contributed by atoms with van der Waals surface area (Å²) in [5.74, 6) is -0.882. The molecule has 2 heterocycles. The van der Waals surface area contributed by atoms with Crippen molar-refractivity contribution in [2.75, 3.05) is 19.6 Å². The van der Waals surface area contributed by atoms with Gasteiger partial charge in [0.05, 0.1) is 12.2 Å². The first-order valence-corrected chi connectivity index (χ1v) is 7.04. The Morgan fingerprint density at radius 1 is 1.25 bits per heavy atom. The van der Waals surface area contributed by atoms with E-state index in [1.807, 2.05) is 0 Å². The summed E-state index contributed by atoms with van der Waals surface area (Å²) in [5.41, 5.74) is 0. The molecule has 2 aliphatic rings. The van der Waals surface area contributed by atoms with Gasteiger partial charge in [-0.15, -0.1) is 0 Å². The molecule has 2 rings (SSSR count). The van der Waals surface area contributed by atoms with Gasteiger partial charge in [0.25, 0.3) is 0 Å². The molecule has 0 spiro atoms. The average molecular weight is 286 g/mol. The van der Waals surface area contributed by atoms with E-state index in [2.05, 4.69) is 0 Å². The number of carbonyl (C=O) groups excluding carboxylic acids is 1. The molecule has 0 aromatic rings. The molecule has 3 N–H and O–H groups in total. The number of hydrogen-bond donors (Lipinski definition) is 3. The predicted molar refractivity (Wildman–Crippen MR) is 70.1 cm³/mol. The topological polar surface area (TPSA) is 101 Å². The normalized spacial score (nSPS) is 29.6. The molecule has 7 nitrogen and oxygen atoms in total. The number of carboxylic acids is 1. The lowest BCUT2D eigenvalue weighted by molar-refractivity contribution is -0.141. The number of urea groups is 1. The monoisotopic (exact) mass is 286 g/mol. The Morgan fingerprint density at radius 2 is 1.85 bits per heavy atom. The molecular weight excluding hydrogens is 264 g/mol. The van der Waals surface area contributed by atoms with Crippen LogP contribution in [0.1, 0.15) is 26.2 Å². The van der Waals surface area contributed by atoms with Gasteiger partial charge in [-0.25, -0.2) is 9.59 Å². The van der Waals surface area contributed by atoms with Gasteiger partial charge in [0, 0.05) is 26.1 Å². The summed E-state index contributed by atoms with van der Waals surface area (Å²) in [7, 11) is 0. The van der Waals surface area contributed by atoms with E-state index >= 15 is 0 Å². The van der Waals surface area contributed by atoms with Gasteiger partial charge in [-0.05, 0) is 25.7 Å². The number of aliphatic hydroxyl groups is 2. The molecule has 0 bridgehead atoms. The zero-order valence-electron chi connectivity index (χ0n) is 11.6. The largest absolute Gasteiger partial charge is 0.480 e. The number of piperidine rings is 1. The first-order valence-electron chi connectivity index (χ1n) is 7.04. The Morgan fingerprint density at radius 3 is 2.35 bits per heavy atom. The van der Waals surface area contributed by atoms with Crippen molar-refractivity contribution in [1.29, 1.82) is 0 Å². The molecule has 0 aliphatic carbocycles. The molecule has 0 aromatic carbocycles. The molecule has 0 radical (unpaired) electrons. The van der Waals surface area contributed by atoms with Crippen molar-refractivity contribution in [3.8, 4) is 0 Å². The van der Waals surface area contributed by atoms with E-state index in [0.717, 1.165) is 12.8 Å². The second-order valence-corrected chi connectivity index (χ2v) is 5.74. The third-order valence-corrected chi connectivity index (χ3v) is 4.30. The zero-order valence-corrected chi connectivity index (χ0v) is 11.6. The lowest BCUT2D eigenvalue weighted by Gasteiger charge is -2.36.